The molecule has 0 unspecified atom stereocenters. The molecule has 132 valence electrons. The van der Waals surface area contributed by atoms with Crippen LogP contribution in [-0.4, -0.2) is 10.3 Å². The Morgan fingerprint density at radius 1 is 1.12 bits per heavy atom. The van der Waals surface area contributed by atoms with Crippen LogP contribution < -0.4 is 0 Å². The maximum absolute atomic E-state index is 13.9. The molecule has 1 aliphatic rings. The number of hydrogen-bond acceptors (Lipinski definition) is 1. The number of aliphatic imine (C=N–C) groups is 1. The SMILES string of the molecule is CC(F)(F)c1cc(C2=NCc3ccc(Cl)cc3-n3cccc32)ccc1F. The van der Waals surface area contributed by atoms with Crippen LogP contribution in [0, 0.1) is 5.82 Å². The Bertz CT molecular complexity index is 1030. The van der Waals surface area contributed by atoms with Gasteiger partial charge in [0.25, 0.3) is 5.92 Å². The van der Waals surface area contributed by atoms with Gasteiger partial charge in [-0.05, 0) is 48.0 Å². The molecule has 0 atom stereocenters. The average Bonchev–Trinajstić information content (AvgIpc) is 3.00. The molecule has 0 radical (unpaired) electrons. The summed E-state index contributed by atoms with van der Waals surface area (Å²) in [5.74, 6) is -4.20. The molecular weight excluding hydrogens is 361 g/mol. The number of nitrogens with zero attached hydrogens (tertiary/aromatic N) is 2. The molecule has 2 aromatic carbocycles. The molecular formula is C20H14ClF3N2. The Balaban J connectivity index is 1.90. The number of halogens is 4. The van der Waals surface area contributed by atoms with Crippen molar-refractivity contribution in [3.05, 3.63) is 88.0 Å². The summed E-state index contributed by atoms with van der Waals surface area (Å²) in [5.41, 5.74) is 2.93. The zero-order chi connectivity index (χ0) is 18.5. The van der Waals surface area contributed by atoms with Crippen LogP contribution in [0.15, 0.2) is 59.7 Å². The van der Waals surface area contributed by atoms with E-state index in [9.17, 15) is 13.2 Å². The number of rotatable bonds is 2. The highest BCUT2D eigenvalue weighted by atomic mass is 35.5. The first kappa shape index (κ1) is 16.9. The van der Waals surface area contributed by atoms with Gasteiger partial charge in [0.1, 0.15) is 5.82 Å². The van der Waals surface area contributed by atoms with Crippen LogP contribution in [0.3, 0.4) is 0 Å². The lowest BCUT2D eigenvalue weighted by molar-refractivity contribution is 0.0137. The number of benzene rings is 2. The van der Waals surface area contributed by atoms with Gasteiger partial charge in [-0.3, -0.25) is 4.99 Å². The summed E-state index contributed by atoms with van der Waals surface area (Å²) < 4.78 is 43.3. The van der Waals surface area contributed by atoms with Crippen molar-refractivity contribution in [2.24, 2.45) is 4.99 Å². The molecule has 1 aromatic heterocycles. The quantitative estimate of drug-likeness (QED) is 0.545. The van der Waals surface area contributed by atoms with Crippen molar-refractivity contribution in [1.29, 1.82) is 0 Å². The topological polar surface area (TPSA) is 17.3 Å². The lowest BCUT2D eigenvalue weighted by atomic mass is 10.0. The third-order valence-corrected chi connectivity index (χ3v) is 4.65. The van der Waals surface area contributed by atoms with Gasteiger partial charge < -0.3 is 4.57 Å². The van der Waals surface area contributed by atoms with E-state index >= 15 is 0 Å². The molecule has 0 saturated carbocycles. The van der Waals surface area contributed by atoms with Gasteiger partial charge in [0.05, 0.1) is 29.2 Å². The van der Waals surface area contributed by atoms with Gasteiger partial charge in [-0.15, -0.1) is 0 Å². The van der Waals surface area contributed by atoms with Gasteiger partial charge in [-0.2, -0.15) is 0 Å². The number of fused-ring (bicyclic) bond motifs is 3. The summed E-state index contributed by atoms with van der Waals surface area (Å²) in [5, 5.41) is 0.599. The van der Waals surface area contributed by atoms with Crippen LogP contribution in [-0.2, 0) is 12.5 Å². The highest BCUT2D eigenvalue weighted by molar-refractivity contribution is 6.30. The molecule has 26 heavy (non-hydrogen) atoms. The zero-order valence-corrected chi connectivity index (χ0v) is 14.6. The molecule has 2 nitrogen and oxygen atoms in total. The second kappa shape index (κ2) is 6.02. The third kappa shape index (κ3) is 2.82. The van der Waals surface area contributed by atoms with E-state index in [2.05, 4.69) is 4.99 Å². The van der Waals surface area contributed by atoms with Crippen LogP contribution in [0.2, 0.25) is 5.02 Å². The first-order valence-electron chi connectivity index (χ1n) is 8.04. The predicted octanol–water partition coefficient (Wildman–Crippen LogP) is 5.73. The molecule has 1 aliphatic heterocycles. The van der Waals surface area contributed by atoms with E-state index in [0.29, 0.717) is 29.8 Å². The van der Waals surface area contributed by atoms with E-state index in [4.69, 9.17) is 11.6 Å². The monoisotopic (exact) mass is 374 g/mol. The van der Waals surface area contributed by atoms with E-state index in [0.717, 1.165) is 23.0 Å². The van der Waals surface area contributed by atoms with Crippen molar-refractivity contribution in [1.82, 2.24) is 4.57 Å². The maximum Gasteiger partial charge on any atom is 0.273 e. The zero-order valence-electron chi connectivity index (χ0n) is 13.8. The minimum Gasteiger partial charge on any atom is -0.315 e. The molecule has 3 aromatic rings. The largest absolute Gasteiger partial charge is 0.315 e. The van der Waals surface area contributed by atoms with E-state index in [1.807, 2.05) is 35.0 Å². The van der Waals surface area contributed by atoms with Gasteiger partial charge in [0.15, 0.2) is 0 Å². The van der Waals surface area contributed by atoms with Crippen LogP contribution >= 0.6 is 11.6 Å². The molecule has 0 bridgehead atoms. The molecule has 6 heteroatoms. The van der Waals surface area contributed by atoms with E-state index in [-0.39, 0.29) is 0 Å². The normalized spacial score (nSPS) is 13.7. The van der Waals surface area contributed by atoms with Gasteiger partial charge in [-0.25, -0.2) is 13.2 Å². The van der Waals surface area contributed by atoms with Crippen molar-refractivity contribution in [2.45, 2.75) is 19.4 Å². The van der Waals surface area contributed by atoms with Gasteiger partial charge in [0, 0.05) is 23.7 Å². The first-order valence-corrected chi connectivity index (χ1v) is 8.41. The third-order valence-electron chi connectivity index (χ3n) is 4.42. The summed E-state index contributed by atoms with van der Waals surface area (Å²) in [6.07, 6.45) is 1.87. The Kier molecular flexibility index (Phi) is 3.92. The molecule has 2 heterocycles. The van der Waals surface area contributed by atoms with E-state index in [1.165, 1.54) is 12.1 Å². The van der Waals surface area contributed by atoms with Crippen molar-refractivity contribution < 1.29 is 13.2 Å². The molecule has 0 saturated heterocycles. The smallest absolute Gasteiger partial charge is 0.273 e. The van der Waals surface area contributed by atoms with Gasteiger partial charge >= 0.3 is 0 Å². The second-order valence-corrected chi connectivity index (χ2v) is 6.72. The van der Waals surface area contributed by atoms with Crippen LogP contribution in [0.4, 0.5) is 13.2 Å². The van der Waals surface area contributed by atoms with Gasteiger partial charge in [0.2, 0.25) is 0 Å². The highest BCUT2D eigenvalue weighted by Gasteiger charge is 2.29. The summed E-state index contributed by atoms with van der Waals surface area (Å²) in [6, 6.07) is 12.9. The van der Waals surface area contributed by atoms with Crippen molar-refractivity contribution in [2.75, 3.05) is 0 Å². The number of alkyl halides is 2. The number of hydrogen-bond donors (Lipinski definition) is 0. The molecule has 0 amide bonds. The van der Waals surface area contributed by atoms with E-state index < -0.39 is 17.3 Å². The van der Waals surface area contributed by atoms with Crippen molar-refractivity contribution in [3.8, 4) is 5.69 Å². The highest BCUT2D eigenvalue weighted by Crippen LogP contribution is 2.32. The molecule has 0 spiro atoms. The standard InChI is InChI=1S/C20H14ClF3N2/c1-20(23,24)15-9-12(5-7-16(15)22)19-17-3-2-8-26(17)18-10-14(21)6-4-13(18)11-25-19/h2-10H,11H2,1H3. The van der Waals surface area contributed by atoms with Crippen LogP contribution in [0.5, 0.6) is 0 Å². The average molecular weight is 375 g/mol. The molecule has 0 aliphatic carbocycles. The predicted molar refractivity (Wildman–Crippen MR) is 96.1 cm³/mol. The Hall–Kier alpha value is -2.53. The first-order chi connectivity index (χ1) is 12.3. The molecule has 4 rings (SSSR count). The Morgan fingerprint density at radius 3 is 2.69 bits per heavy atom. The Morgan fingerprint density at radius 2 is 1.92 bits per heavy atom. The summed E-state index contributed by atoms with van der Waals surface area (Å²) in [4.78, 5) is 4.62. The molecule has 0 fully saturated rings. The maximum atomic E-state index is 13.9. The fraction of sp³-hybridized carbons (Fsp3) is 0.150. The summed E-state index contributed by atoms with van der Waals surface area (Å²) in [7, 11) is 0. The fourth-order valence-corrected chi connectivity index (χ4v) is 3.34. The minimum atomic E-state index is -3.27. The summed E-state index contributed by atoms with van der Waals surface area (Å²) in [6.45, 7) is 1.06. The lowest BCUT2D eigenvalue weighted by Crippen LogP contribution is -2.14. The second-order valence-electron chi connectivity index (χ2n) is 6.28. The Labute approximate surface area is 153 Å². The lowest BCUT2D eigenvalue weighted by Gasteiger charge is -2.15. The van der Waals surface area contributed by atoms with Gasteiger partial charge in [-0.1, -0.05) is 17.7 Å². The number of aromatic nitrogens is 1. The fourth-order valence-electron chi connectivity index (χ4n) is 3.17. The molecule has 0 N–H and O–H groups in total. The van der Waals surface area contributed by atoms with Crippen LogP contribution in [0.25, 0.3) is 5.69 Å². The van der Waals surface area contributed by atoms with Crippen LogP contribution in [0.1, 0.15) is 29.3 Å². The van der Waals surface area contributed by atoms with Crippen molar-refractivity contribution >= 4 is 17.3 Å². The summed E-state index contributed by atoms with van der Waals surface area (Å²) >= 11 is 6.13. The van der Waals surface area contributed by atoms with Crippen molar-refractivity contribution in [3.63, 3.8) is 0 Å². The minimum absolute atomic E-state index is 0.374. The van der Waals surface area contributed by atoms with E-state index in [1.54, 1.807) is 6.07 Å².